The molecule has 15 atom stereocenters. The van der Waals surface area contributed by atoms with E-state index in [-0.39, 0.29) is 48.8 Å². The zero-order valence-corrected chi connectivity index (χ0v) is 36.2. The molecule has 14 nitrogen and oxygen atoms in total. The molecule has 3 N–H and O–H groups in total. The maximum atomic E-state index is 13.4. The van der Waals surface area contributed by atoms with Gasteiger partial charge in [-0.3, -0.25) is 9.59 Å². The van der Waals surface area contributed by atoms with Gasteiger partial charge in [-0.05, 0) is 31.3 Å². The monoisotopic (exact) mass is 821 g/mol. The first-order chi connectivity index (χ1) is 27.5. The van der Waals surface area contributed by atoms with E-state index in [1.54, 1.807) is 74.6 Å². The van der Waals surface area contributed by atoms with E-state index in [1.165, 1.54) is 17.1 Å². The van der Waals surface area contributed by atoms with Crippen molar-refractivity contribution in [3.8, 4) is 0 Å². The Bertz CT molecular complexity index is 1410. The minimum Gasteiger partial charge on any atom is -0.459 e. The Morgan fingerprint density at radius 3 is 2.28 bits per heavy atom. The van der Waals surface area contributed by atoms with Gasteiger partial charge in [0, 0.05) is 97.6 Å². The van der Waals surface area contributed by atoms with Gasteiger partial charge in [0.05, 0.1) is 55.4 Å². The summed E-state index contributed by atoms with van der Waals surface area (Å²) in [5.41, 5.74) is -0.180. The van der Waals surface area contributed by atoms with Gasteiger partial charge in [-0.1, -0.05) is 58.1 Å². The van der Waals surface area contributed by atoms with E-state index in [2.05, 4.69) is 6.08 Å². The molecule has 2 bridgehead atoms. The zero-order chi connectivity index (χ0) is 43.2. The van der Waals surface area contributed by atoms with E-state index in [0.29, 0.717) is 50.7 Å². The van der Waals surface area contributed by atoms with Crippen molar-refractivity contribution in [1.29, 1.82) is 0 Å². The summed E-state index contributed by atoms with van der Waals surface area (Å²) in [6.07, 6.45) is 9.06. The summed E-state index contributed by atoms with van der Waals surface area (Å²) in [7, 11) is 7.98. The summed E-state index contributed by atoms with van der Waals surface area (Å²) < 4.78 is 42.5. The standard InChI is InChI=1S/C44H71NO13/c1-27-13-11-16-40(48)58-36(31(5)42(50)28(2)17-18-35(47)30(4)41(49)29(3)19-20-45(6)26-46)22-34(52-7)24-39(55-10)44(25-56-44)38(54-9)23-33-15-12-14-32(57-33)21-37(53-8)43(27)51/h11-14,16,19-20,26,28-34,36-39,41-43,49-51H,15,17-18,21-25H2,1-10H3/b16-11+,20-19+,27-13+/t28-,29+,30-,31-,32-,33-,34-,36-,37+,38-,39-,41+,42-,43-,44+/m0/s1. The summed E-state index contributed by atoms with van der Waals surface area (Å²) in [6.45, 7) is 9.28. The van der Waals surface area contributed by atoms with Gasteiger partial charge in [-0.2, -0.15) is 0 Å². The quantitative estimate of drug-likeness (QED) is 0.0877. The molecule has 0 unspecified atom stereocenters. The second-order valence-corrected chi connectivity index (χ2v) is 16.5. The van der Waals surface area contributed by atoms with Crippen molar-refractivity contribution in [2.75, 3.05) is 42.1 Å². The third kappa shape index (κ3) is 13.9. The van der Waals surface area contributed by atoms with E-state index < -0.39 is 66.1 Å². The topological polar surface area (TPSA) is 183 Å². The minimum absolute atomic E-state index is 0.129. The molecule has 0 aromatic rings. The first kappa shape index (κ1) is 49.6. The van der Waals surface area contributed by atoms with Crippen LogP contribution in [0.15, 0.2) is 48.2 Å². The second kappa shape index (κ2) is 23.9. The SMILES string of the molecule is CO[C@H]1C[C@@H]([C@H](C)[C@@H](O)[C@@H](C)CCC(=O)[C@H](C)[C@H](O)[C@H](C)/C=C/N(C)C=O)OC(=O)/C=C/C=C(\C)[C@H](O)[C@H](OC)C[C@@H]2C=CC[C@@H](C[C@H](OC)[C@]3(CO3)[C@@H](OC)C1)O2. The van der Waals surface area contributed by atoms with E-state index in [0.717, 1.165) is 0 Å². The van der Waals surface area contributed by atoms with Crippen molar-refractivity contribution >= 4 is 18.2 Å². The fourth-order valence-electron chi connectivity index (χ4n) is 8.08. The van der Waals surface area contributed by atoms with Gasteiger partial charge in [0.2, 0.25) is 6.41 Å². The van der Waals surface area contributed by atoms with Crippen molar-refractivity contribution in [1.82, 2.24) is 4.90 Å². The number of amides is 1. The normalized spacial score (nSPS) is 34.8. The van der Waals surface area contributed by atoms with Crippen LogP contribution in [0.2, 0.25) is 0 Å². The molecular weight excluding hydrogens is 750 g/mol. The fraction of sp³-hybridized carbons (Fsp3) is 0.750. The van der Waals surface area contributed by atoms with Gasteiger partial charge in [0.15, 0.2) is 0 Å². The average molecular weight is 822 g/mol. The largest absolute Gasteiger partial charge is 0.459 e. The number of Topliss-reactive ketones (excluding diaryl/α,β-unsaturated/α-hetero) is 1. The number of methoxy groups -OCH3 is 4. The Labute approximate surface area is 345 Å². The number of cyclic esters (lactones) is 1. The zero-order valence-electron chi connectivity index (χ0n) is 36.2. The highest BCUT2D eigenvalue weighted by atomic mass is 16.6. The Balaban J connectivity index is 1.85. The van der Waals surface area contributed by atoms with Gasteiger partial charge < -0.3 is 53.4 Å². The minimum atomic E-state index is -0.968. The van der Waals surface area contributed by atoms with Gasteiger partial charge in [0.1, 0.15) is 23.6 Å². The van der Waals surface area contributed by atoms with Crippen LogP contribution in [0.4, 0.5) is 0 Å². The molecule has 3 aliphatic rings. The maximum absolute atomic E-state index is 13.4. The average Bonchev–Trinajstić information content (AvgIpc) is 4.03. The number of ether oxygens (including phenoxy) is 7. The van der Waals surface area contributed by atoms with Crippen LogP contribution in [0.5, 0.6) is 0 Å². The van der Waals surface area contributed by atoms with Gasteiger partial charge in [-0.25, -0.2) is 4.79 Å². The summed E-state index contributed by atoms with van der Waals surface area (Å²) in [4.78, 5) is 38.8. The molecule has 3 rings (SSSR count). The lowest BCUT2D eigenvalue weighted by Gasteiger charge is -2.36. The number of aliphatic hydroxyl groups excluding tert-OH is 3. The summed E-state index contributed by atoms with van der Waals surface area (Å²) in [6, 6.07) is 0. The first-order valence-electron chi connectivity index (χ1n) is 20.6. The maximum Gasteiger partial charge on any atom is 0.331 e. The number of hydrogen-bond acceptors (Lipinski definition) is 13. The smallest absolute Gasteiger partial charge is 0.331 e. The van der Waals surface area contributed by atoms with Crippen molar-refractivity contribution in [3.63, 3.8) is 0 Å². The van der Waals surface area contributed by atoms with Crippen LogP contribution in [0.25, 0.3) is 0 Å². The number of rotatable bonds is 16. The third-order valence-corrected chi connectivity index (χ3v) is 12.4. The number of carbonyl (C=O) groups excluding carboxylic acids is 3. The molecule has 1 saturated heterocycles. The number of nitrogens with zero attached hydrogens (tertiary/aromatic N) is 1. The van der Waals surface area contributed by atoms with Crippen molar-refractivity contribution in [3.05, 3.63) is 48.2 Å². The van der Waals surface area contributed by atoms with Crippen LogP contribution in [0.1, 0.15) is 79.6 Å². The molecule has 1 spiro atoms. The number of allylic oxidation sites excluding steroid dienone is 2. The van der Waals surface area contributed by atoms with Crippen LogP contribution in [0, 0.1) is 23.7 Å². The highest BCUT2D eigenvalue weighted by molar-refractivity contribution is 5.82. The molecular formula is C44H71NO13. The molecule has 3 aliphatic heterocycles. The van der Waals surface area contributed by atoms with Crippen molar-refractivity contribution < 1.29 is 62.9 Å². The van der Waals surface area contributed by atoms with Crippen molar-refractivity contribution in [2.45, 2.75) is 146 Å². The molecule has 58 heavy (non-hydrogen) atoms. The molecule has 0 aliphatic carbocycles. The summed E-state index contributed by atoms with van der Waals surface area (Å²) in [5, 5.41) is 33.7. The molecule has 0 radical (unpaired) electrons. The molecule has 0 aromatic heterocycles. The van der Waals surface area contributed by atoms with Gasteiger partial charge in [0.25, 0.3) is 0 Å². The lowest BCUT2D eigenvalue weighted by atomic mass is 9.82. The molecule has 14 heteroatoms. The van der Waals surface area contributed by atoms with Crippen LogP contribution in [0.3, 0.4) is 0 Å². The predicted octanol–water partition coefficient (Wildman–Crippen LogP) is 4.10. The Hall–Kier alpha value is -2.79. The summed E-state index contributed by atoms with van der Waals surface area (Å²) in [5.74, 6) is -2.76. The lowest BCUT2D eigenvalue weighted by Crippen LogP contribution is -2.48. The molecule has 3 heterocycles. The first-order valence-corrected chi connectivity index (χ1v) is 20.6. The highest BCUT2D eigenvalue weighted by Gasteiger charge is 2.59. The van der Waals surface area contributed by atoms with E-state index in [4.69, 9.17) is 33.2 Å². The van der Waals surface area contributed by atoms with Crippen molar-refractivity contribution in [2.24, 2.45) is 23.7 Å². The molecule has 0 saturated carbocycles. The molecule has 0 aromatic carbocycles. The number of aliphatic hydroxyl groups is 3. The van der Waals surface area contributed by atoms with E-state index >= 15 is 0 Å². The number of esters is 1. The molecule has 330 valence electrons. The number of epoxide rings is 1. The van der Waals surface area contributed by atoms with Crippen LogP contribution in [-0.2, 0) is 47.5 Å². The Morgan fingerprint density at radius 2 is 1.67 bits per heavy atom. The highest BCUT2D eigenvalue weighted by Crippen LogP contribution is 2.43. The van der Waals surface area contributed by atoms with Gasteiger partial charge in [-0.15, -0.1) is 0 Å². The Morgan fingerprint density at radius 1 is 1.00 bits per heavy atom. The van der Waals surface area contributed by atoms with Crippen LogP contribution in [-0.4, -0.2) is 147 Å². The number of fused-ring (bicyclic) bond motifs is 2. The van der Waals surface area contributed by atoms with E-state index in [1.807, 2.05) is 19.9 Å². The number of ketones is 1. The molecule has 1 fully saturated rings. The number of carbonyl (C=O) groups is 3. The summed E-state index contributed by atoms with van der Waals surface area (Å²) >= 11 is 0. The Kier molecular flexibility index (Phi) is 20.4. The predicted molar refractivity (Wildman–Crippen MR) is 217 cm³/mol. The lowest BCUT2D eigenvalue weighted by molar-refractivity contribution is -0.152. The van der Waals surface area contributed by atoms with E-state index in [9.17, 15) is 29.7 Å². The third-order valence-electron chi connectivity index (χ3n) is 12.4. The number of hydrogen-bond donors (Lipinski definition) is 3. The van der Waals surface area contributed by atoms with Crippen LogP contribution >= 0.6 is 0 Å². The second-order valence-electron chi connectivity index (χ2n) is 16.5. The van der Waals surface area contributed by atoms with Gasteiger partial charge >= 0.3 is 5.97 Å². The fourth-order valence-corrected chi connectivity index (χ4v) is 8.08. The van der Waals surface area contributed by atoms with Crippen LogP contribution < -0.4 is 0 Å². The molecule has 1 amide bonds.